The molecule has 8 heteroatoms. The quantitative estimate of drug-likeness (QED) is 0.878. The maximum Gasteiger partial charge on any atom is 0.358 e. The molecule has 1 unspecified atom stereocenters. The Labute approximate surface area is 124 Å². The number of ether oxygens (including phenoxy) is 1. The Morgan fingerprint density at radius 2 is 2.05 bits per heavy atom. The number of benzene rings is 1. The van der Waals surface area contributed by atoms with Crippen LogP contribution in [0.15, 0.2) is 30.5 Å². The minimum Gasteiger partial charge on any atom is -0.464 e. The summed E-state index contributed by atoms with van der Waals surface area (Å²) in [5.41, 5.74) is -0.0892. The first-order valence-corrected chi connectivity index (χ1v) is 6.31. The lowest BCUT2D eigenvalue weighted by Gasteiger charge is -2.13. The van der Waals surface area contributed by atoms with Gasteiger partial charge in [0.15, 0.2) is 5.69 Å². The molecule has 0 aliphatic heterocycles. The number of aromatic nitrogens is 2. The van der Waals surface area contributed by atoms with Gasteiger partial charge in [0.2, 0.25) is 5.91 Å². The van der Waals surface area contributed by atoms with E-state index in [0.717, 1.165) is 12.1 Å². The third-order valence-corrected chi connectivity index (χ3v) is 2.97. The van der Waals surface area contributed by atoms with Gasteiger partial charge < -0.3 is 10.1 Å². The fourth-order valence-electron chi connectivity index (χ4n) is 1.72. The van der Waals surface area contributed by atoms with E-state index in [2.05, 4.69) is 15.2 Å². The van der Waals surface area contributed by atoms with Crippen LogP contribution >= 0.6 is 0 Å². The third kappa shape index (κ3) is 3.27. The largest absolute Gasteiger partial charge is 0.464 e. The molecule has 22 heavy (non-hydrogen) atoms. The van der Waals surface area contributed by atoms with Crippen LogP contribution in [0, 0.1) is 11.6 Å². The van der Waals surface area contributed by atoms with Crippen LogP contribution in [0.2, 0.25) is 0 Å². The molecule has 1 N–H and O–H groups in total. The van der Waals surface area contributed by atoms with Gasteiger partial charge in [0.1, 0.15) is 17.7 Å². The molecule has 1 aromatic heterocycles. The van der Waals surface area contributed by atoms with Crippen molar-refractivity contribution in [1.29, 1.82) is 0 Å². The summed E-state index contributed by atoms with van der Waals surface area (Å²) >= 11 is 0. The maximum atomic E-state index is 13.5. The summed E-state index contributed by atoms with van der Waals surface area (Å²) in [6, 6.07) is 3.42. The summed E-state index contributed by atoms with van der Waals surface area (Å²) in [6.07, 6.45) is 1.43. The molecule has 0 spiro atoms. The van der Waals surface area contributed by atoms with Crippen molar-refractivity contribution in [2.24, 2.45) is 0 Å². The minimum absolute atomic E-state index is 0.0510. The van der Waals surface area contributed by atoms with Crippen LogP contribution in [0.4, 0.5) is 14.5 Å². The summed E-state index contributed by atoms with van der Waals surface area (Å²) in [7, 11) is 1.22. The molecule has 1 atom stereocenters. The van der Waals surface area contributed by atoms with Crippen molar-refractivity contribution >= 4 is 17.6 Å². The van der Waals surface area contributed by atoms with Crippen LogP contribution in [-0.2, 0) is 9.53 Å². The summed E-state index contributed by atoms with van der Waals surface area (Å²) in [4.78, 5) is 23.4. The molecule has 1 amide bonds. The lowest BCUT2D eigenvalue weighted by Crippen LogP contribution is -2.24. The highest BCUT2D eigenvalue weighted by Crippen LogP contribution is 2.17. The number of nitrogens with one attached hydrogen (secondary N) is 1. The highest BCUT2D eigenvalue weighted by molar-refractivity contribution is 5.93. The van der Waals surface area contributed by atoms with E-state index >= 15 is 0 Å². The number of esters is 1. The van der Waals surface area contributed by atoms with E-state index in [9.17, 15) is 18.4 Å². The van der Waals surface area contributed by atoms with Crippen molar-refractivity contribution in [2.45, 2.75) is 13.0 Å². The maximum absolute atomic E-state index is 13.5. The molecule has 0 saturated carbocycles. The average molecular weight is 309 g/mol. The van der Waals surface area contributed by atoms with Crippen LogP contribution in [0.5, 0.6) is 0 Å². The lowest BCUT2D eigenvalue weighted by atomic mass is 10.2. The van der Waals surface area contributed by atoms with Gasteiger partial charge in [-0.1, -0.05) is 0 Å². The van der Waals surface area contributed by atoms with Crippen LogP contribution in [0.25, 0.3) is 0 Å². The molecule has 116 valence electrons. The number of carbonyl (C=O) groups excluding carboxylic acids is 2. The van der Waals surface area contributed by atoms with Crippen molar-refractivity contribution in [3.05, 3.63) is 47.8 Å². The highest BCUT2D eigenvalue weighted by atomic mass is 19.1. The van der Waals surface area contributed by atoms with Gasteiger partial charge in [0, 0.05) is 12.3 Å². The van der Waals surface area contributed by atoms with Crippen LogP contribution in [-0.4, -0.2) is 28.8 Å². The SMILES string of the molecule is COC(=O)c1ccn(C(C)C(=O)Nc2ccc(F)cc2F)n1. The van der Waals surface area contributed by atoms with E-state index in [0.29, 0.717) is 6.07 Å². The van der Waals surface area contributed by atoms with Gasteiger partial charge in [-0.3, -0.25) is 9.48 Å². The van der Waals surface area contributed by atoms with E-state index in [4.69, 9.17) is 0 Å². The number of amides is 1. The topological polar surface area (TPSA) is 73.2 Å². The number of rotatable bonds is 4. The zero-order chi connectivity index (χ0) is 16.3. The molecule has 2 rings (SSSR count). The van der Waals surface area contributed by atoms with E-state index < -0.39 is 29.6 Å². The number of anilines is 1. The molecule has 0 bridgehead atoms. The third-order valence-electron chi connectivity index (χ3n) is 2.97. The molecule has 1 aromatic carbocycles. The zero-order valence-corrected chi connectivity index (χ0v) is 11.8. The first kappa shape index (κ1) is 15.6. The fourth-order valence-corrected chi connectivity index (χ4v) is 1.72. The normalized spacial score (nSPS) is 11.8. The Morgan fingerprint density at radius 1 is 1.32 bits per heavy atom. The molecule has 0 aliphatic carbocycles. The molecule has 0 fully saturated rings. The van der Waals surface area contributed by atoms with Crippen molar-refractivity contribution in [2.75, 3.05) is 12.4 Å². The van der Waals surface area contributed by atoms with Gasteiger partial charge in [-0.25, -0.2) is 13.6 Å². The molecular formula is C14H13F2N3O3. The van der Waals surface area contributed by atoms with Gasteiger partial charge in [0.05, 0.1) is 12.8 Å². The minimum atomic E-state index is -0.878. The fraction of sp³-hybridized carbons (Fsp3) is 0.214. The zero-order valence-electron chi connectivity index (χ0n) is 11.8. The molecule has 0 radical (unpaired) electrons. The standard InChI is InChI=1S/C14H13F2N3O3/c1-8(19-6-5-12(18-19)14(21)22-2)13(20)17-11-4-3-9(15)7-10(11)16/h3-8H,1-2H3,(H,17,20). The smallest absolute Gasteiger partial charge is 0.358 e. The Bertz CT molecular complexity index is 715. The van der Waals surface area contributed by atoms with E-state index in [-0.39, 0.29) is 11.4 Å². The van der Waals surface area contributed by atoms with Crippen LogP contribution < -0.4 is 5.32 Å². The number of carbonyl (C=O) groups is 2. The summed E-state index contributed by atoms with van der Waals surface area (Å²) < 4.78 is 32.1. The first-order valence-electron chi connectivity index (χ1n) is 6.31. The molecule has 1 heterocycles. The molecular weight excluding hydrogens is 296 g/mol. The van der Waals surface area contributed by atoms with Gasteiger partial charge >= 0.3 is 5.97 Å². The van der Waals surface area contributed by atoms with E-state index in [1.54, 1.807) is 0 Å². The molecule has 0 aliphatic rings. The van der Waals surface area contributed by atoms with Gasteiger partial charge in [-0.2, -0.15) is 5.10 Å². The molecule has 0 saturated heterocycles. The lowest BCUT2D eigenvalue weighted by molar-refractivity contribution is -0.119. The summed E-state index contributed by atoms with van der Waals surface area (Å²) in [5, 5.41) is 6.24. The van der Waals surface area contributed by atoms with Crippen molar-refractivity contribution in [3.63, 3.8) is 0 Å². The van der Waals surface area contributed by atoms with Gasteiger partial charge in [0.25, 0.3) is 0 Å². The second-order valence-corrected chi connectivity index (χ2v) is 4.46. The number of nitrogens with zero attached hydrogens (tertiary/aromatic N) is 2. The number of halogens is 2. The van der Waals surface area contributed by atoms with Crippen LogP contribution in [0.3, 0.4) is 0 Å². The summed E-state index contributed by atoms with van der Waals surface area (Å²) in [5.74, 6) is -2.81. The number of hydrogen-bond donors (Lipinski definition) is 1. The van der Waals surface area contributed by atoms with Crippen molar-refractivity contribution in [1.82, 2.24) is 9.78 Å². The predicted molar refractivity (Wildman–Crippen MR) is 73.3 cm³/mol. The Morgan fingerprint density at radius 3 is 2.68 bits per heavy atom. The monoisotopic (exact) mass is 309 g/mol. The van der Waals surface area contributed by atoms with E-state index in [1.807, 2.05) is 0 Å². The molecule has 2 aromatic rings. The number of methoxy groups -OCH3 is 1. The van der Waals surface area contributed by atoms with Gasteiger partial charge in [-0.15, -0.1) is 0 Å². The van der Waals surface area contributed by atoms with Crippen molar-refractivity contribution in [3.8, 4) is 0 Å². The Hall–Kier alpha value is -2.77. The first-order chi connectivity index (χ1) is 10.4. The van der Waals surface area contributed by atoms with Gasteiger partial charge in [-0.05, 0) is 25.1 Å². The molecule has 6 nitrogen and oxygen atoms in total. The average Bonchev–Trinajstić information content (AvgIpc) is 2.98. The second-order valence-electron chi connectivity index (χ2n) is 4.46. The highest BCUT2D eigenvalue weighted by Gasteiger charge is 2.19. The Balaban J connectivity index is 2.12. The van der Waals surface area contributed by atoms with Crippen molar-refractivity contribution < 1.29 is 23.1 Å². The second kappa shape index (κ2) is 6.33. The van der Waals surface area contributed by atoms with Crippen LogP contribution in [0.1, 0.15) is 23.5 Å². The van der Waals surface area contributed by atoms with E-state index in [1.165, 1.54) is 31.0 Å². The predicted octanol–water partition coefficient (Wildman–Crippen LogP) is 2.15. The summed E-state index contributed by atoms with van der Waals surface area (Å²) in [6.45, 7) is 1.52. The Kier molecular flexibility index (Phi) is 4.50. The number of hydrogen-bond acceptors (Lipinski definition) is 4.